The summed E-state index contributed by atoms with van der Waals surface area (Å²) in [7, 11) is 0. The number of carbonyl (C=O) groups excluding carboxylic acids is 3. The van der Waals surface area contributed by atoms with Crippen LogP contribution in [0.2, 0.25) is 0 Å². The molecule has 0 fully saturated rings. The molecule has 3 aromatic carbocycles. The highest BCUT2D eigenvalue weighted by Crippen LogP contribution is 2.29. The maximum Gasteiger partial charge on any atom is 0.330 e. The first-order chi connectivity index (χ1) is 18.9. The third kappa shape index (κ3) is 9.27. The second-order valence-electron chi connectivity index (χ2n) is 8.72. The summed E-state index contributed by atoms with van der Waals surface area (Å²) in [5, 5.41) is 0. The molecule has 0 bridgehead atoms. The molecule has 0 unspecified atom stereocenters. The van der Waals surface area contributed by atoms with Crippen LogP contribution in [0.3, 0.4) is 0 Å². The fourth-order valence-electron chi connectivity index (χ4n) is 3.88. The monoisotopic (exact) mass is 524 g/mol. The summed E-state index contributed by atoms with van der Waals surface area (Å²) < 4.78 is 15.4. The van der Waals surface area contributed by atoms with Crippen LogP contribution in [0.25, 0.3) is 22.3 Å². The maximum absolute atomic E-state index is 11.5. The molecule has 0 amide bonds. The zero-order valence-electron chi connectivity index (χ0n) is 21.9. The molecule has 0 saturated heterocycles. The summed E-state index contributed by atoms with van der Waals surface area (Å²) in [6.07, 6.45) is 5.53. The van der Waals surface area contributed by atoms with Crippen LogP contribution < -0.4 is 0 Å². The van der Waals surface area contributed by atoms with Gasteiger partial charge in [-0.15, -0.1) is 0 Å². The zero-order valence-corrected chi connectivity index (χ0v) is 21.9. The average molecular weight is 525 g/mol. The van der Waals surface area contributed by atoms with E-state index in [0.717, 1.165) is 70.0 Å². The van der Waals surface area contributed by atoms with E-state index in [1.165, 1.54) is 0 Å². The van der Waals surface area contributed by atoms with E-state index in [2.05, 4.69) is 62.2 Å². The minimum atomic E-state index is -0.462. The molecule has 0 aromatic heterocycles. The number of benzene rings is 3. The maximum atomic E-state index is 11.5. The van der Waals surface area contributed by atoms with Gasteiger partial charge in [0.2, 0.25) is 0 Å². The first-order valence-electron chi connectivity index (χ1n) is 12.6. The van der Waals surface area contributed by atoms with Gasteiger partial charge < -0.3 is 14.2 Å². The lowest BCUT2D eigenvalue weighted by atomic mass is 9.94. The summed E-state index contributed by atoms with van der Waals surface area (Å²) >= 11 is 0. The lowest BCUT2D eigenvalue weighted by molar-refractivity contribution is -0.139. The van der Waals surface area contributed by atoms with Gasteiger partial charge in [0.1, 0.15) is 6.61 Å². The van der Waals surface area contributed by atoms with E-state index >= 15 is 0 Å². The highest BCUT2D eigenvalue weighted by molar-refractivity contribution is 5.82. The quantitative estimate of drug-likeness (QED) is 0.108. The van der Waals surface area contributed by atoms with Gasteiger partial charge in [0.15, 0.2) is 0 Å². The minimum absolute atomic E-state index is 0.175. The van der Waals surface area contributed by atoms with Gasteiger partial charge in [-0.3, -0.25) is 0 Å². The summed E-state index contributed by atoms with van der Waals surface area (Å²) in [6.45, 7) is 11.0. The summed E-state index contributed by atoms with van der Waals surface area (Å²) in [4.78, 5) is 34.0. The largest absolute Gasteiger partial charge is 0.463 e. The predicted molar refractivity (Wildman–Crippen MR) is 152 cm³/mol. The van der Waals surface area contributed by atoms with Gasteiger partial charge in [-0.05, 0) is 57.9 Å². The Kier molecular flexibility index (Phi) is 11.0. The molecule has 0 heterocycles. The molecule has 3 aromatic rings. The van der Waals surface area contributed by atoms with Crippen LogP contribution >= 0.6 is 0 Å². The second-order valence-corrected chi connectivity index (χ2v) is 8.72. The molecule has 0 spiro atoms. The van der Waals surface area contributed by atoms with Gasteiger partial charge in [0.25, 0.3) is 0 Å². The van der Waals surface area contributed by atoms with Crippen molar-refractivity contribution in [1.29, 1.82) is 0 Å². The van der Waals surface area contributed by atoms with E-state index < -0.39 is 17.9 Å². The zero-order chi connectivity index (χ0) is 28.0. The fraction of sp³-hybridized carbons (Fsp3) is 0.182. The van der Waals surface area contributed by atoms with Crippen molar-refractivity contribution in [2.45, 2.75) is 25.9 Å². The Morgan fingerprint density at radius 1 is 0.538 bits per heavy atom. The highest BCUT2D eigenvalue weighted by Gasteiger charge is 2.08. The van der Waals surface area contributed by atoms with E-state index in [1.807, 2.05) is 24.3 Å². The van der Waals surface area contributed by atoms with Gasteiger partial charge >= 0.3 is 17.9 Å². The molecular weight excluding hydrogens is 492 g/mol. The first kappa shape index (κ1) is 28.9. The number of esters is 3. The fourth-order valence-corrected chi connectivity index (χ4v) is 3.88. The van der Waals surface area contributed by atoms with E-state index in [9.17, 15) is 14.4 Å². The van der Waals surface area contributed by atoms with Crippen LogP contribution in [-0.4, -0.2) is 31.1 Å². The van der Waals surface area contributed by atoms with Crippen LogP contribution in [0.5, 0.6) is 0 Å². The van der Waals surface area contributed by atoms with Crippen molar-refractivity contribution >= 4 is 17.9 Å². The molecule has 200 valence electrons. The second kappa shape index (κ2) is 14.9. The predicted octanol–water partition coefficient (Wildman–Crippen LogP) is 6.18. The lowest BCUT2D eigenvalue weighted by Crippen LogP contribution is -2.04. The normalized spacial score (nSPS) is 10.3. The van der Waals surface area contributed by atoms with E-state index in [4.69, 9.17) is 14.2 Å². The molecule has 39 heavy (non-hydrogen) atoms. The number of ether oxygens (including phenoxy) is 3. The Balaban J connectivity index is 1.79. The first-order valence-corrected chi connectivity index (χ1v) is 12.6. The third-order valence-corrected chi connectivity index (χ3v) is 5.94. The molecule has 6 heteroatoms. The number of aryl methyl sites for hydroxylation is 1. The Morgan fingerprint density at radius 3 is 1.56 bits per heavy atom. The van der Waals surface area contributed by atoms with Gasteiger partial charge in [-0.1, -0.05) is 80.4 Å². The Hall–Kier alpha value is -4.71. The van der Waals surface area contributed by atoms with Crippen LogP contribution in [0.4, 0.5) is 0 Å². The average Bonchev–Trinajstić information content (AvgIpc) is 2.98. The molecule has 0 aliphatic rings. The molecule has 3 rings (SSSR count). The standard InChI is InChI=1S/C33H32O6/c1-4-31(34)37-18-7-8-24-9-13-27(14-10-24)29-20-26(17-19-38-32(35)5-2)21-30(22-29)28-15-11-25(12-16-28)23-39-33(36)6-3/h4-6,9-16,20-22H,1-3,7-8,17-19,23H2. The molecule has 0 radical (unpaired) electrons. The van der Waals surface area contributed by atoms with Crippen LogP contribution in [-0.2, 0) is 48.0 Å². The number of hydrogen-bond acceptors (Lipinski definition) is 6. The van der Waals surface area contributed by atoms with Crippen LogP contribution in [0.15, 0.2) is 105 Å². The van der Waals surface area contributed by atoms with Gasteiger partial charge in [-0.25, -0.2) is 14.4 Å². The molecule has 0 N–H and O–H groups in total. The van der Waals surface area contributed by atoms with Crippen LogP contribution in [0, 0.1) is 0 Å². The SMILES string of the molecule is C=CC(=O)OCCCc1ccc(-c2cc(CCOC(=O)C=C)cc(-c3ccc(COC(=O)C=C)cc3)c2)cc1. The van der Waals surface area contributed by atoms with Crippen molar-refractivity contribution in [1.82, 2.24) is 0 Å². The summed E-state index contributed by atoms with van der Waals surface area (Å²) in [6, 6.07) is 22.4. The molecule has 0 atom stereocenters. The van der Waals surface area contributed by atoms with Crippen LogP contribution in [0.1, 0.15) is 23.1 Å². The van der Waals surface area contributed by atoms with Gasteiger partial charge in [-0.2, -0.15) is 0 Å². The van der Waals surface area contributed by atoms with Crippen molar-refractivity contribution in [3.05, 3.63) is 121 Å². The summed E-state index contributed by atoms with van der Waals surface area (Å²) in [5.41, 5.74) is 7.15. The van der Waals surface area contributed by atoms with Crippen molar-refractivity contribution in [3.8, 4) is 22.3 Å². The topological polar surface area (TPSA) is 78.9 Å². The molecule has 0 aliphatic heterocycles. The minimum Gasteiger partial charge on any atom is -0.463 e. The molecule has 0 aliphatic carbocycles. The summed E-state index contributed by atoms with van der Waals surface area (Å²) in [5.74, 6) is -1.32. The Labute approximate surface area is 229 Å². The smallest absolute Gasteiger partial charge is 0.330 e. The molecule has 6 nitrogen and oxygen atoms in total. The Bertz CT molecular complexity index is 1320. The van der Waals surface area contributed by atoms with E-state index in [0.29, 0.717) is 13.0 Å². The molecular formula is C33H32O6. The number of carbonyl (C=O) groups is 3. The third-order valence-electron chi connectivity index (χ3n) is 5.94. The van der Waals surface area contributed by atoms with Gasteiger partial charge in [0, 0.05) is 24.6 Å². The molecule has 0 saturated carbocycles. The van der Waals surface area contributed by atoms with E-state index in [-0.39, 0.29) is 13.2 Å². The number of hydrogen-bond donors (Lipinski definition) is 0. The van der Waals surface area contributed by atoms with E-state index in [1.54, 1.807) is 0 Å². The lowest BCUT2D eigenvalue weighted by Gasteiger charge is -2.12. The van der Waals surface area contributed by atoms with Crippen molar-refractivity contribution in [2.75, 3.05) is 13.2 Å². The Morgan fingerprint density at radius 2 is 1.03 bits per heavy atom. The van der Waals surface area contributed by atoms with Crippen molar-refractivity contribution in [2.24, 2.45) is 0 Å². The van der Waals surface area contributed by atoms with Crippen molar-refractivity contribution in [3.63, 3.8) is 0 Å². The number of rotatable bonds is 14. The highest BCUT2D eigenvalue weighted by atomic mass is 16.5. The van der Waals surface area contributed by atoms with Gasteiger partial charge in [0.05, 0.1) is 13.2 Å². The van der Waals surface area contributed by atoms with Crippen molar-refractivity contribution < 1.29 is 28.6 Å².